The highest BCUT2D eigenvalue weighted by Gasteiger charge is 2.19. The fourth-order valence-electron chi connectivity index (χ4n) is 2.94. The van der Waals surface area contributed by atoms with Crippen LogP contribution in [-0.2, 0) is 11.3 Å². The molecule has 1 aromatic carbocycles. The molecule has 1 aliphatic rings. The van der Waals surface area contributed by atoms with Gasteiger partial charge in [0.15, 0.2) is 0 Å². The van der Waals surface area contributed by atoms with Gasteiger partial charge in [-0.25, -0.2) is 4.98 Å². The number of ether oxygens (including phenoxy) is 1. The molecular weight excluding hydrogens is 302 g/mol. The predicted octanol–water partition coefficient (Wildman–Crippen LogP) is 1.78. The molecule has 1 atom stereocenters. The standard InChI is InChI=1S/C19H25N3O2/c23-18(16-24-15-17-6-2-1-3-7-17)14-21-10-12-22(13-11-21)19-8-4-5-9-20-19/h1-9,18,23H,10-16H2/t18-/m1/s1. The Kier molecular flexibility index (Phi) is 6.18. The van der Waals surface area contributed by atoms with E-state index in [1.165, 1.54) is 0 Å². The Morgan fingerprint density at radius 1 is 1.00 bits per heavy atom. The van der Waals surface area contributed by atoms with Gasteiger partial charge in [-0.2, -0.15) is 0 Å². The first-order chi connectivity index (χ1) is 11.8. The third-order valence-corrected chi connectivity index (χ3v) is 4.24. The van der Waals surface area contributed by atoms with E-state index in [2.05, 4.69) is 14.8 Å². The van der Waals surface area contributed by atoms with Crippen molar-refractivity contribution in [2.45, 2.75) is 12.7 Å². The first-order valence-electron chi connectivity index (χ1n) is 8.49. The molecule has 0 radical (unpaired) electrons. The number of aromatic nitrogens is 1. The van der Waals surface area contributed by atoms with Crippen LogP contribution in [0.4, 0.5) is 5.82 Å². The van der Waals surface area contributed by atoms with E-state index >= 15 is 0 Å². The van der Waals surface area contributed by atoms with E-state index in [1.807, 2.05) is 54.7 Å². The number of β-amino-alcohol motifs (C(OH)–C–C–N with tert-alkyl or cyclic N) is 1. The van der Waals surface area contributed by atoms with Gasteiger partial charge in [0.2, 0.25) is 0 Å². The fourth-order valence-corrected chi connectivity index (χ4v) is 2.94. The summed E-state index contributed by atoms with van der Waals surface area (Å²) < 4.78 is 5.62. The summed E-state index contributed by atoms with van der Waals surface area (Å²) in [5.74, 6) is 1.03. The van der Waals surface area contributed by atoms with E-state index in [1.54, 1.807) is 0 Å². The maximum Gasteiger partial charge on any atom is 0.128 e. The number of nitrogens with zero attached hydrogens (tertiary/aromatic N) is 3. The van der Waals surface area contributed by atoms with Gasteiger partial charge in [-0.05, 0) is 17.7 Å². The molecule has 2 heterocycles. The Labute approximate surface area is 143 Å². The van der Waals surface area contributed by atoms with Crippen LogP contribution in [0, 0.1) is 0 Å². The van der Waals surface area contributed by atoms with Crippen LogP contribution in [0.2, 0.25) is 0 Å². The van der Waals surface area contributed by atoms with Crippen molar-refractivity contribution in [3.05, 3.63) is 60.3 Å². The zero-order valence-electron chi connectivity index (χ0n) is 13.9. The molecular formula is C19H25N3O2. The smallest absolute Gasteiger partial charge is 0.128 e. The van der Waals surface area contributed by atoms with Gasteiger partial charge in [-0.1, -0.05) is 36.4 Å². The summed E-state index contributed by atoms with van der Waals surface area (Å²) in [5, 5.41) is 10.2. The van der Waals surface area contributed by atoms with Crippen molar-refractivity contribution < 1.29 is 9.84 Å². The lowest BCUT2D eigenvalue weighted by molar-refractivity contribution is 0.00912. The second-order valence-corrected chi connectivity index (χ2v) is 6.13. The molecule has 3 rings (SSSR count). The van der Waals surface area contributed by atoms with Crippen LogP contribution < -0.4 is 4.90 Å². The topological polar surface area (TPSA) is 48.8 Å². The van der Waals surface area contributed by atoms with Gasteiger partial charge < -0.3 is 14.7 Å². The number of pyridine rings is 1. The minimum atomic E-state index is -0.449. The van der Waals surface area contributed by atoms with Crippen molar-refractivity contribution in [1.82, 2.24) is 9.88 Å². The molecule has 0 aliphatic carbocycles. The van der Waals surface area contributed by atoms with Crippen molar-refractivity contribution in [1.29, 1.82) is 0 Å². The van der Waals surface area contributed by atoms with Gasteiger partial charge >= 0.3 is 0 Å². The van der Waals surface area contributed by atoms with E-state index in [0.29, 0.717) is 19.8 Å². The molecule has 0 amide bonds. The van der Waals surface area contributed by atoms with Crippen molar-refractivity contribution in [3.63, 3.8) is 0 Å². The summed E-state index contributed by atoms with van der Waals surface area (Å²) in [4.78, 5) is 8.97. The molecule has 2 aromatic rings. The zero-order valence-corrected chi connectivity index (χ0v) is 13.9. The minimum absolute atomic E-state index is 0.370. The van der Waals surface area contributed by atoms with E-state index in [-0.39, 0.29) is 0 Å². The summed E-state index contributed by atoms with van der Waals surface area (Å²) >= 11 is 0. The molecule has 0 bridgehead atoms. The van der Waals surface area contributed by atoms with Gasteiger partial charge in [0.05, 0.1) is 19.3 Å². The number of hydrogen-bond donors (Lipinski definition) is 1. The molecule has 1 aliphatic heterocycles. The van der Waals surface area contributed by atoms with Crippen molar-refractivity contribution >= 4 is 5.82 Å². The summed E-state index contributed by atoms with van der Waals surface area (Å²) in [6, 6.07) is 16.0. The normalized spacial score (nSPS) is 17.0. The second-order valence-electron chi connectivity index (χ2n) is 6.13. The van der Waals surface area contributed by atoms with Crippen LogP contribution in [0.5, 0.6) is 0 Å². The summed E-state index contributed by atoms with van der Waals surface area (Å²) in [7, 11) is 0. The molecule has 1 aromatic heterocycles. The van der Waals surface area contributed by atoms with E-state index in [9.17, 15) is 5.11 Å². The summed E-state index contributed by atoms with van der Waals surface area (Å²) in [5.41, 5.74) is 1.13. The number of hydrogen-bond acceptors (Lipinski definition) is 5. The van der Waals surface area contributed by atoms with Gasteiger partial charge in [0.1, 0.15) is 5.82 Å². The Hall–Kier alpha value is -1.95. The SMILES string of the molecule is O[C@@H](COCc1ccccc1)CN1CCN(c2ccccn2)CC1. The third-order valence-electron chi connectivity index (χ3n) is 4.24. The van der Waals surface area contributed by atoms with Crippen LogP contribution in [0.15, 0.2) is 54.7 Å². The second kappa shape index (κ2) is 8.78. The molecule has 5 nitrogen and oxygen atoms in total. The van der Waals surface area contributed by atoms with Crippen LogP contribution in [0.25, 0.3) is 0 Å². The van der Waals surface area contributed by atoms with Gasteiger partial charge in [0.25, 0.3) is 0 Å². The van der Waals surface area contributed by atoms with Crippen LogP contribution in [0.1, 0.15) is 5.56 Å². The summed E-state index contributed by atoms with van der Waals surface area (Å²) in [6.45, 7) is 5.33. The highest BCUT2D eigenvalue weighted by Crippen LogP contribution is 2.12. The maximum atomic E-state index is 10.2. The van der Waals surface area contributed by atoms with E-state index in [4.69, 9.17) is 4.74 Å². The molecule has 1 N–H and O–H groups in total. The Morgan fingerprint density at radius 3 is 2.46 bits per heavy atom. The number of aliphatic hydroxyl groups is 1. The van der Waals surface area contributed by atoms with Gasteiger partial charge in [0, 0.05) is 38.9 Å². The van der Waals surface area contributed by atoms with Gasteiger partial charge in [-0.15, -0.1) is 0 Å². The lowest BCUT2D eigenvalue weighted by atomic mass is 10.2. The monoisotopic (exact) mass is 327 g/mol. The molecule has 24 heavy (non-hydrogen) atoms. The summed E-state index contributed by atoms with van der Waals surface area (Å²) in [6.07, 6.45) is 1.38. The molecule has 0 spiro atoms. The molecule has 0 unspecified atom stereocenters. The minimum Gasteiger partial charge on any atom is -0.389 e. The number of benzene rings is 1. The number of piperazine rings is 1. The number of anilines is 1. The number of aliphatic hydroxyl groups excluding tert-OH is 1. The fraction of sp³-hybridized carbons (Fsp3) is 0.421. The van der Waals surface area contributed by atoms with Gasteiger partial charge in [-0.3, -0.25) is 4.90 Å². The highest BCUT2D eigenvalue weighted by molar-refractivity contribution is 5.38. The van der Waals surface area contributed by atoms with Crippen LogP contribution in [-0.4, -0.2) is 60.4 Å². The first kappa shape index (κ1) is 16.9. The van der Waals surface area contributed by atoms with Crippen molar-refractivity contribution in [2.75, 3.05) is 44.2 Å². The molecule has 0 saturated carbocycles. The molecule has 128 valence electrons. The third kappa shape index (κ3) is 5.03. The molecule has 1 fully saturated rings. The van der Waals surface area contributed by atoms with Crippen LogP contribution >= 0.6 is 0 Å². The quantitative estimate of drug-likeness (QED) is 0.840. The number of rotatable bonds is 7. The van der Waals surface area contributed by atoms with Crippen molar-refractivity contribution in [3.8, 4) is 0 Å². The zero-order chi connectivity index (χ0) is 16.6. The predicted molar refractivity (Wildman–Crippen MR) is 95.0 cm³/mol. The lowest BCUT2D eigenvalue weighted by Gasteiger charge is -2.36. The Bertz CT molecular complexity index is 586. The molecule has 1 saturated heterocycles. The Morgan fingerprint density at radius 2 is 1.75 bits per heavy atom. The average molecular weight is 327 g/mol. The first-order valence-corrected chi connectivity index (χ1v) is 8.49. The van der Waals surface area contributed by atoms with Crippen LogP contribution in [0.3, 0.4) is 0 Å². The average Bonchev–Trinajstić information content (AvgIpc) is 2.64. The Balaban J connectivity index is 1.35. The lowest BCUT2D eigenvalue weighted by Crippen LogP contribution is -2.49. The maximum absolute atomic E-state index is 10.2. The van der Waals surface area contributed by atoms with E-state index < -0.39 is 6.10 Å². The largest absolute Gasteiger partial charge is 0.389 e. The van der Waals surface area contributed by atoms with Crippen molar-refractivity contribution in [2.24, 2.45) is 0 Å². The molecule has 5 heteroatoms. The van der Waals surface area contributed by atoms with E-state index in [0.717, 1.165) is 37.6 Å². The highest BCUT2D eigenvalue weighted by atomic mass is 16.5.